The lowest BCUT2D eigenvalue weighted by atomic mass is 9.92. The number of fused-ring (bicyclic) bond motifs is 2. The maximum absolute atomic E-state index is 10.9. The Morgan fingerprint density at radius 1 is 1.36 bits per heavy atom. The largest absolute Gasteiger partial charge is 0.465 e. The van der Waals surface area contributed by atoms with E-state index in [2.05, 4.69) is 34.3 Å². The highest BCUT2D eigenvalue weighted by atomic mass is 16.5. The van der Waals surface area contributed by atoms with Crippen LogP contribution < -0.4 is 5.32 Å². The molecule has 0 atom stereocenters. The van der Waals surface area contributed by atoms with Crippen molar-refractivity contribution in [1.29, 1.82) is 0 Å². The Morgan fingerprint density at radius 2 is 2.24 bits per heavy atom. The van der Waals surface area contributed by atoms with Gasteiger partial charge in [0.25, 0.3) is 0 Å². The minimum atomic E-state index is -1.03. The van der Waals surface area contributed by atoms with Crippen LogP contribution in [0, 0.1) is 6.92 Å². The lowest BCUT2D eigenvalue weighted by Gasteiger charge is -2.21. The topological polar surface area (TPSA) is 87.2 Å². The predicted molar refractivity (Wildman–Crippen MR) is 94.5 cm³/mol. The number of benzene rings is 1. The molecule has 25 heavy (non-hydrogen) atoms. The SMILES string of the molecule is Cc1c[nH]c2ncc(-c3cc4c(c(CNC(=O)O)c3)COCC4)cc12. The zero-order valence-electron chi connectivity index (χ0n) is 13.9. The van der Waals surface area contributed by atoms with Gasteiger partial charge in [-0.05, 0) is 53.3 Å². The summed E-state index contributed by atoms with van der Waals surface area (Å²) in [4.78, 5) is 18.6. The first kappa shape index (κ1) is 15.7. The molecule has 6 nitrogen and oxygen atoms in total. The van der Waals surface area contributed by atoms with Crippen molar-refractivity contribution in [3.05, 3.63) is 52.8 Å². The van der Waals surface area contributed by atoms with Gasteiger partial charge in [-0.25, -0.2) is 9.78 Å². The molecule has 1 aliphatic rings. The van der Waals surface area contributed by atoms with Gasteiger partial charge in [0.2, 0.25) is 0 Å². The number of aryl methyl sites for hydroxylation is 1. The van der Waals surface area contributed by atoms with E-state index in [1.807, 2.05) is 18.5 Å². The van der Waals surface area contributed by atoms with Crippen LogP contribution in [-0.4, -0.2) is 27.8 Å². The number of pyridine rings is 1. The van der Waals surface area contributed by atoms with Crippen LogP contribution in [0.4, 0.5) is 4.79 Å². The number of nitrogens with zero attached hydrogens (tertiary/aromatic N) is 1. The summed E-state index contributed by atoms with van der Waals surface area (Å²) in [5.74, 6) is 0. The smallest absolute Gasteiger partial charge is 0.404 e. The monoisotopic (exact) mass is 337 g/mol. The fourth-order valence-corrected chi connectivity index (χ4v) is 3.35. The summed E-state index contributed by atoms with van der Waals surface area (Å²) in [6.07, 6.45) is 3.62. The minimum Gasteiger partial charge on any atom is -0.465 e. The van der Waals surface area contributed by atoms with Gasteiger partial charge in [-0.3, -0.25) is 0 Å². The number of carboxylic acid groups (broad SMARTS) is 1. The normalized spacial score (nSPS) is 13.6. The molecule has 3 N–H and O–H groups in total. The Kier molecular flexibility index (Phi) is 3.89. The number of carbonyl (C=O) groups is 1. The summed E-state index contributed by atoms with van der Waals surface area (Å²) in [5, 5.41) is 12.5. The number of amides is 1. The zero-order chi connectivity index (χ0) is 17.4. The average Bonchev–Trinajstić information content (AvgIpc) is 3.00. The Hall–Kier alpha value is -2.86. The number of aromatic amines is 1. The van der Waals surface area contributed by atoms with Crippen molar-refractivity contribution in [3.63, 3.8) is 0 Å². The molecule has 0 radical (unpaired) electrons. The minimum absolute atomic E-state index is 0.272. The first-order chi connectivity index (χ1) is 12.1. The molecule has 4 rings (SSSR count). The molecule has 128 valence electrons. The summed E-state index contributed by atoms with van der Waals surface area (Å²) in [7, 11) is 0. The number of hydrogen-bond donors (Lipinski definition) is 3. The summed E-state index contributed by atoms with van der Waals surface area (Å²) in [6.45, 7) is 3.54. The predicted octanol–water partition coefficient (Wildman–Crippen LogP) is 3.38. The molecule has 0 unspecified atom stereocenters. The molecule has 1 amide bonds. The molecule has 1 aliphatic heterocycles. The summed E-state index contributed by atoms with van der Waals surface area (Å²) >= 11 is 0. The van der Waals surface area contributed by atoms with E-state index >= 15 is 0 Å². The van der Waals surface area contributed by atoms with Crippen LogP contribution in [0.5, 0.6) is 0 Å². The van der Waals surface area contributed by atoms with Crippen molar-refractivity contribution in [3.8, 4) is 11.1 Å². The van der Waals surface area contributed by atoms with E-state index in [1.54, 1.807) is 0 Å². The molecule has 0 fully saturated rings. The number of ether oxygens (including phenoxy) is 1. The molecule has 3 heterocycles. The van der Waals surface area contributed by atoms with Crippen LogP contribution in [0.3, 0.4) is 0 Å². The van der Waals surface area contributed by atoms with Crippen LogP contribution in [0.1, 0.15) is 22.3 Å². The number of nitrogens with one attached hydrogen (secondary N) is 2. The van der Waals surface area contributed by atoms with Crippen molar-refractivity contribution in [2.24, 2.45) is 0 Å². The molecular weight excluding hydrogens is 318 g/mol. The maximum Gasteiger partial charge on any atom is 0.404 e. The third kappa shape index (κ3) is 2.96. The average molecular weight is 337 g/mol. The third-order valence-corrected chi connectivity index (χ3v) is 4.70. The van der Waals surface area contributed by atoms with Gasteiger partial charge in [-0.15, -0.1) is 0 Å². The van der Waals surface area contributed by atoms with E-state index in [0.29, 0.717) is 13.2 Å². The zero-order valence-corrected chi connectivity index (χ0v) is 13.9. The molecule has 0 saturated heterocycles. The highest BCUT2D eigenvalue weighted by molar-refractivity contribution is 5.84. The molecule has 0 aliphatic carbocycles. The lowest BCUT2D eigenvalue weighted by Crippen LogP contribution is -2.22. The first-order valence-electron chi connectivity index (χ1n) is 8.25. The van der Waals surface area contributed by atoms with Crippen LogP contribution >= 0.6 is 0 Å². The van der Waals surface area contributed by atoms with E-state index < -0.39 is 6.09 Å². The molecule has 0 spiro atoms. The van der Waals surface area contributed by atoms with Gasteiger partial charge in [0.1, 0.15) is 5.65 Å². The van der Waals surface area contributed by atoms with Crippen LogP contribution in [-0.2, 0) is 24.3 Å². The lowest BCUT2D eigenvalue weighted by molar-refractivity contribution is 0.110. The second-order valence-corrected chi connectivity index (χ2v) is 6.33. The molecular formula is C19H19N3O3. The molecule has 2 aromatic heterocycles. The summed E-state index contributed by atoms with van der Waals surface area (Å²) in [6, 6.07) is 6.34. The van der Waals surface area contributed by atoms with Crippen molar-refractivity contribution >= 4 is 17.1 Å². The first-order valence-corrected chi connectivity index (χ1v) is 8.25. The number of rotatable bonds is 3. The van der Waals surface area contributed by atoms with Crippen LogP contribution in [0.2, 0.25) is 0 Å². The molecule has 3 aromatic rings. The fourth-order valence-electron chi connectivity index (χ4n) is 3.35. The fraction of sp³-hybridized carbons (Fsp3) is 0.263. The highest BCUT2D eigenvalue weighted by Crippen LogP contribution is 2.30. The van der Waals surface area contributed by atoms with Crippen molar-refractivity contribution in [2.75, 3.05) is 6.61 Å². The van der Waals surface area contributed by atoms with Gasteiger partial charge in [0, 0.05) is 29.9 Å². The van der Waals surface area contributed by atoms with Crippen LogP contribution in [0.15, 0.2) is 30.6 Å². The van der Waals surface area contributed by atoms with Gasteiger partial charge in [0.15, 0.2) is 0 Å². The number of aromatic nitrogens is 2. The molecule has 1 aromatic carbocycles. The third-order valence-electron chi connectivity index (χ3n) is 4.70. The number of hydrogen-bond acceptors (Lipinski definition) is 3. The van der Waals surface area contributed by atoms with Crippen LogP contribution in [0.25, 0.3) is 22.2 Å². The van der Waals surface area contributed by atoms with E-state index in [-0.39, 0.29) is 6.54 Å². The maximum atomic E-state index is 10.9. The number of H-pyrrole nitrogens is 1. The molecule has 6 heteroatoms. The van der Waals surface area contributed by atoms with Crippen molar-refractivity contribution in [1.82, 2.24) is 15.3 Å². The van der Waals surface area contributed by atoms with Gasteiger partial charge >= 0.3 is 6.09 Å². The van der Waals surface area contributed by atoms with Gasteiger partial charge < -0.3 is 20.1 Å². The molecule has 0 saturated carbocycles. The van der Waals surface area contributed by atoms with Crippen molar-refractivity contribution < 1.29 is 14.6 Å². The standard InChI is InChI=1S/C19H19N3O3/c1-11-7-20-18-16(11)6-14(8-21-18)13-4-12-2-3-25-10-17(12)15(5-13)9-22-19(23)24/h4-8,22H,2-3,9-10H2,1H3,(H,20,21)(H,23,24). The second kappa shape index (κ2) is 6.22. The van der Waals surface area contributed by atoms with E-state index in [4.69, 9.17) is 9.84 Å². The Labute approximate surface area is 144 Å². The quantitative estimate of drug-likeness (QED) is 0.684. The second-order valence-electron chi connectivity index (χ2n) is 6.33. The molecule has 0 bridgehead atoms. The van der Waals surface area contributed by atoms with E-state index in [9.17, 15) is 4.79 Å². The van der Waals surface area contributed by atoms with Gasteiger partial charge in [-0.1, -0.05) is 6.07 Å². The Morgan fingerprint density at radius 3 is 3.08 bits per heavy atom. The van der Waals surface area contributed by atoms with Gasteiger partial charge in [-0.2, -0.15) is 0 Å². The summed E-state index contributed by atoms with van der Waals surface area (Å²) in [5.41, 5.74) is 7.38. The Bertz CT molecular complexity index is 962. The summed E-state index contributed by atoms with van der Waals surface area (Å²) < 4.78 is 5.56. The van der Waals surface area contributed by atoms with Crippen molar-refractivity contribution in [2.45, 2.75) is 26.5 Å². The highest BCUT2D eigenvalue weighted by Gasteiger charge is 2.17. The van der Waals surface area contributed by atoms with E-state index in [1.165, 1.54) is 5.56 Å². The Balaban J connectivity index is 1.81. The van der Waals surface area contributed by atoms with Gasteiger partial charge in [0.05, 0.1) is 13.2 Å². The van der Waals surface area contributed by atoms with E-state index in [0.717, 1.165) is 45.3 Å².